The first kappa shape index (κ1) is 44.6. The summed E-state index contributed by atoms with van der Waals surface area (Å²) in [6.45, 7) is 4.73. The van der Waals surface area contributed by atoms with Gasteiger partial charge >= 0.3 is 13.7 Å². The van der Waals surface area contributed by atoms with E-state index >= 15 is 0 Å². The van der Waals surface area contributed by atoms with E-state index in [1.807, 2.05) is 31.2 Å². The largest absolute Gasteiger partial charge is 0.497 e. The Balaban J connectivity index is 1.09. The van der Waals surface area contributed by atoms with Crippen LogP contribution >= 0.6 is 7.60 Å². The van der Waals surface area contributed by atoms with Crippen LogP contribution in [0.4, 0.5) is 4.79 Å². The summed E-state index contributed by atoms with van der Waals surface area (Å²) in [6, 6.07) is 20.0. The Hall–Kier alpha value is -3.90. The number of rotatable bonds is 21. The molecule has 3 aromatic rings. The number of carbonyl (C=O) groups excluding carboxylic acids is 2. The molecule has 322 valence electrons. The fourth-order valence-electron chi connectivity index (χ4n) is 7.28. The van der Waals surface area contributed by atoms with Gasteiger partial charge < -0.3 is 43.9 Å². The lowest BCUT2D eigenvalue weighted by Crippen LogP contribution is -2.52. The molecule has 7 atom stereocenters. The molecule has 3 aromatic carbocycles. The Bertz CT molecular complexity index is 2020. The molecule has 3 aliphatic heterocycles. The van der Waals surface area contributed by atoms with E-state index in [1.165, 1.54) is 17.5 Å². The highest BCUT2D eigenvalue weighted by Crippen LogP contribution is 2.47. The third-order valence-corrected chi connectivity index (χ3v) is 14.2. The highest BCUT2D eigenvalue weighted by Gasteiger charge is 2.44. The minimum atomic E-state index is -3.97. The number of ketones is 1. The standard InChI is InChI=1S/C41H54N3O13PS/c1-4-52-25-31(45)26-55-58(48,57-32-8-6-5-7-9-32)19-17-42-22-30-12-10-29(11-13-30)20-36(43-41(47)56-38-27-54-40-34(38)16-18-53-40)37(46)24-44-23-28(2)35-21-33(51-3)14-15-39(35)59(44,49)50/h5-15,21,28,34,36-38,40,42,46H,4,16-20,22-27H2,1-3H3,(H,43,47). The van der Waals surface area contributed by atoms with E-state index in [-0.39, 0.29) is 67.9 Å². The van der Waals surface area contributed by atoms with Crippen molar-refractivity contribution in [2.75, 3.05) is 65.9 Å². The minimum absolute atomic E-state index is 0.00404. The van der Waals surface area contributed by atoms with Gasteiger partial charge in [-0.2, -0.15) is 4.31 Å². The molecule has 3 N–H and O–H groups in total. The second-order valence-corrected chi connectivity index (χ2v) is 18.8. The number of alkyl carbamates (subject to hydrolysis) is 1. The van der Waals surface area contributed by atoms with E-state index < -0.39 is 54.9 Å². The highest BCUT2D eigenvalue weighted by atomic mass is 32.2. The first-order chi connectivity index (χ1) is 28.4. The Kier molecular flexibility index (Phi) is 15.6. The number of amides is 1. The van der Waals surface area contributed by atoms with E-state index in [0.717, 1.165) is 11.1 Å². The number of para-hydroxylation sites is 1. The SMILES string of the molecule is CCOCC(=O)COP(=O)(CCNCc1ccc(CC(NC(=O)OC2COC3OCCC23)C(O)CN2CC(C)c3cc(OC)ccc3S2(=O)=O)cc1)Oc1ccccc1. The van der Waals surface area contributed by atoms with Gasteiger partial charge in [-0.05, 0) is 72.7 Å². The number of Topliss-reactive ketones (excluding diaryl/α,β-unsaturated/α-hetero) is 1. The van der Waals surface area contributed by atoms with Gasteiger partial charge in [0.25, 0.3) is 0 Å². The Labute approximate surface area is 345 Å². The highest BCUT2D eigenvalue weighted by molar-refractivity contribution is 7.89. The van der Waals surface area contributed by atoms with Crippen molar-refractivity contribution in [2.24, 2.45) is 5.92 Å². The van der Waals surface area contributed by atoms with Gasteiger partial charge in [-0.25, -0.2) is 17.8 Å². The number of nitrogens with zero attached hydrogens (tertiary/aromatic N) is 1. The number of nitrogens with one attached hydrogen (secondary N) is 2. The van der Waals surface area contributed by atoms with Crippen LogP contribution in [0.25, 0.3) is 0 Å². The third-order valence-electron chi connectivity index (χ3n) is 10.5. The molecule has 1 amide bonds. The molecule has 3 heterocycles. The van der Waals surface area contributed by atoms with Crippen molar-refractivity contribution in [3.05, 3.63) is 89.5 Å². The number of sulfonamides is 1. The van der Waals surface area contributed by atoms with E-state index in [9.17, 15) is 27.7 Å². The zero-order chi connectivity index (χ0) is 42.0. The molecule has 2 saturated heterocycles. The molecule has 59 heavy (non-hydrogen) atoms. The molecule has 2 fully saturated rings. The van der Waals surface area contributed by atoms with Crippen LogP contribution in [0, 0.1) is 5.92 Å². The van der Waals surface area contributed by atoms with E-state index in [2.05, 4.69) is 10.6 Å². The maximum atomic E-state index is 13.8. The van der Waals surface area contributed by atoms with Crippen molar-refractivity contribution >= 4 is 29.5 Å². The van der Waals surface area contributed by atoms with Crippen LogP contribution in [0.1, 0.15) is 42.9 Å². The predicted molar refractivity (Wildman–Crippen MR) is 216 cm³/mol. The maximum Gasteiger partial charge on any atom is 0.407 e. The van der Waals surface area contributed by atoms with Crippen LogP contribution in [0.5, 0.6) is 11.5 Å². The monoisotopic (exact) mass is 859 g/mol. The summed E-state index contributed by atoms with van der Waals surface area (Å²) in [7, 11) is -6.17. The van der Waals surface area contributed by atoms with Crippen LogP contribution < -0.4 is 19.9 Å². The fraction of sp³-hybridized carbons (Fsp3) is 0.512. The van der Waals surface area contributed by atoms with E-state index in [4.69, 9.17) is 32.7 Å². The molecule has 0 bridgehead atoms. The molecule has 16 nitrogen and oxygen atoms in total. The normalized spacial score (nSPS) is 23.0. The molecule has 0 aliphatic carbocycles. The van der Waals surface area contributed by atoms with Crippen molar-refractivity contribution in [1.29, 1.82) is 0 Å². The summed E-state index contributed by atoms with van der Waals surface area (Å²) in [5.41, 5.74) is 2.30. The molecular weight excluding hydrogens is 805 g/mol. The van der Waals surface area contributed by atoms with Gasteiger partial charge in [0.05, 0.1) is 49.4 Å². The maximum absolute atomic E-state index is 13.8. The number of hydrogen-bond acceptors (Lipinski definition) is 14. The van der Waals surface area contributed by atoms with Crippen molar-refractivity contribution in [3.8, 4) is 11.5 Å². The number of carbonyl (C=O) groups is 2. The summed E-state index contributed by atoms with van der Waals surface area (Å²) in [4.78, 5) is 25.6. The summed E-state index contributed by atoms with van der Waals surface area (Å²) >= 11 is 0. The Morgan fingerprint density at radius 1 is 1.02 bits per heavy atom. The summed E-state index contributed by atoms with van der Waals surface area (Å²) < 4.78 is 81.2. The summed E-state index contributed by atoms with van der Waals surface area (Å²) in [6.07, 6.45) is -2.14. The van der Waals surface area contributed by atoms with Gasteiger partial charge in [0.2, 0.25) is 10.0 Å². The lowest BCUT2D eigenvalue weighted by Gasteiger charge is -2.35. The van der Waals surface area contributed by atoms with Crippen molar-refractivity contribution in [3.63, 3.8) is 0 Å². The zero-order valence-electron chi connectivity index (χ0n) is 33.5. The van der Waals surface area contributed by atoms with Crippen LogP contribution in [-0.4, -0.2) is 120 Å². The molecule has 0 radical (unpaired) electrons. The molecule has 3 aliphatic rings. The van der Waals surface area contributed by atoms with Crippen LogP contribution in [0.2, 0.25) is 0 Å². The second kappa shape index (κ2) is 20.6. The second-order valence-electron chi connectivity index (χ2n) is 14.8. The van der Waals surface area contributed by atoms with Gasteiger partial charge in [0.15, 0.2) is 12.1 Å². The van der Waals surface area contributed by atoms with Crippen molar-refractivity contribution in [1.82, 2.24) is 14.9 Å². The average molecular weight is 860 g/mol. The first-order valence-electron chi connectivity index (χ1n) is 19.8. The molecule has 6 rings (SSSR count). The fourth-order valence-corrected chi connectivity index (χ4v) is 10.6. The summed E-state index contributed by atoms with van der Waals surface area (Å²) in [5, 5.41) is 17.7. The van der Waals surface area contributed by atoms with Crippen LogP contribution in [0.3, 0.4) is 0 Å². The number of methoxy groups -OCH3 is 1. The summed E-state index contributed by atoms with van der Waals surface area (Å²) in [5.74, 6) is 0.299. The average Bonchev–Trinajstić information content (AvgIpc) is 3.86. The van der Waals surface area contributed by atoms with E-state index in [1.54, 1.807) is 49.4 Å². The number of hydrogen-bond donors (Lipinski definition) is 3. The zero-order valence-corrected chi connectivity index (χ0v) is 35.2. The molecule has 0 saturated carbocycles. The van der Waals surface area contributed by atoms with Crippen molar-refractivity contribution in [2.45, 2.75) is 68.6 Å². The topological polar surface area (TPSA) is 197 Å². The number of fused-ring (bicyclic) bond motifs is 2. The minimum Gasteiger partial charge on any atom is -0.497 e. The lowest BCUT2D eigenvalue weighted by molar-refractivity contribution is -0.125. The van der Waals surface area contributed by atoms with Gasteiger partial charge in [-0.1, -0.05) is 49.4 Å². The number of β-amino-alcohol motifs (C(OH)–C–C–N with tert-alkyl or cyclic N) is 1. The van der Waals surface area contributed by atoms with E-state index in [0.29, 0.717) is 43.2 Å². The van der Waals surface area contributed by atoms with Crippen molar-refractivity contribution < 1.29 is 60.4 Å². The predicted octanol–water partition coefficient (Wildman–Crippen LogP) is 4.25. The molecule has 18 heteroatoms. The number of ether oxygens (including phenoxy) is 5. The molecule has 7 unspecified atom stereocenters. The Morgan fingerprint density at radius 2 is 1.78 bits per heavy atom. The van der Waals surface area contributed by atoms with Gasteiger partial charge in [0, 0.05) is 32.8 Å². The van der Waals surface area contributed by atoms with Crippen LogP contribution in [0.15, 0.2) is 77.7 Å². The molecule has 0 aromatic heterocycles. The lowest BCUT2D eigenvalue weighted by atomic mass is 9.98. The number of aliphatic hydroxyl groups is 1. The number of benzene rings is 3. The number of aliphatic hydroxyl groups excluding tert-OH is 1. The molecule has 0 spiro atoms. The Morgan fingerprint density at radius 3 is 2.53 bits per heavy atom. The van der Waals surface area contributed by atoms with Gasteiger partial charge in [-0.15, -0.1) is 0 Å². The quantitative estimate of drug-likeness (QED) is 0.102. The van der Waals surface area contributed by atoms with Gasteiger partial charge in [-0.3, -0.25) is 9.32 Å². The smallest absolute Gasteiger partial charge is 0.407 e. The molecular formula is C41H54N3O13PS. The van der Waals surface area contributed by atoms with Crippen LogP contribution in [-0.2, 0) is 55.8 Å². The first-order valence-corrected chi connectivity index (χ1v) is 23.0. The third kappa shape index (κ3) is 11.9. The van der Waals surface area contributed by atoms with Gasteiger partial charge in [0.1, 0.15) is 30.8 Å².